The third-order valence-electron chi connectivity index (χ3n) is 3.37. The molecule has 0 radical (unpaired) electrons. The Labute approximate surface area is 139 Å². The summed E-state index contributed by atoms with van der Waals surface area (Å²) in [5, 5.41) is 11.6. The minimum atomic E-state index is -1.02. The van der Waals surface area contributed by atoms with Crippen LogP contribution >= 0.6 is 11.3 Å². The predicted octanol–water partition coefficient (Wildman–Crippen LogP) is 2.32. The first-order valence-corrected chi connectivity index (χ1v) is 8.10. The van der Waals surface area contributed by atoms with Crippen LogP contribution in [0.15, 0.2) is 6.07 Å². The number of ether oxygens (including phenoxy) is 1. The Kier molecular flexibility index (Phi) is 6.90. The molecule has 7 heteroatoms. The van der Waals surface area contributed by atoms with Crippen molar-refractivity contribution in [3.05, 3.63) is 21.4 Å². The number of carboxylic acid groups (broad SMARTS) is 1. The summed E-state index contributed by atoms with van der Waals surface area (Å²) >= 11 is 1.55. The highest BCUT2D eigenvalue weighted by Crippen LogP contribution is 2.22. The summed E-state index contributed by atoms with van der Waals surface area (Å²) in [5.74, 6) is -1.46. The fourth-order valence-electron chi connectivity index (χ4n) is 2.45. The lowest BCUT2D eigenvalue weighted by Gasteiger charge is -2.28. The van der Waals surface area contributed by atoms with Gasteiger partial charge in [-0.25, -0.2) is 0 Å². The minimum absolute atomic E-state index is 0.0199. The summed E-state index contributed by atoms with van der Waals surface area (Å²) in [6.45, 7) is 5.51. The van der Waals surface area contributed by atoms with Crippen molar-refractivity contribution >= 4 is 29.0 Å². The number of aryl methyl sites for hydroxylation is 2. The van der Waals surface area contributed by atoms with Crippen LogP contribution < -0.4 is 5.32 Å². The van der Waals surface area contributed by atoms with Crippen LogP contribution in [0.4, 0.5) is 0 Å². The van der Waals surface area contributed by atoms with E-state index in [1.807, 2.05) is 19.9 Å². The van der Waals surface area contributed by atoms with Crippen molar-refractivity contribution in [3.8, 4) is 0 Å². The number of amides is 1. The van der Waals surface area contributed by atoms with Gasteiger partial charge < -0.3 is 15.2 Å². The molecule has 0 bridgehead atoms. The smallest absolute Gasteiger partial charge is 0.305 e. The van der Waals surface area contributed by atoms with E-state index in [0.29, 0.717) is 5.56 Å². The number of thiophene rings is 1. The van der Waals surface area contributed by atoms with Crippen molar-refractivity contribution < 1.29 is 24.2 Å². The van der Waals surface area contributed by atoms with Gasteiger partial charge >= 0.3 is 5.97 Å². The zero-order valence-electron chi connectivity index (χ0n) is 13.9. The third kappa shape index (κ3) is 6.11. The number of aliphatic carboxylic acids is 1. The molecular formula is C16H23NO5S. The van der Waals surface area contributed by atoms with Crippen LogP contribution in [0.1, 0.15) is 46.3 Å². The summed E-state index contributed by atoms with van der Waals surface area (Å²) in [6, 6.07) is 1.83. The molecule has 0 aliphatic rings. The van der Waals surface area contributed by atoms with Crippen molar-refractivity contribution in [2.45, 2.75) is 45.6 Å². The molecule has 0 spiro atoms. The molecule has 0 aromatic carbocycles. The molecule has 128 valence electrons. The Morgan fingerprint density at radius 1 is 1.30 bits per heavy atom. The summed E-state index contributed by atoms with van der Waals surface area (Å²) in [4.78, 5) is 37.1. The molecule has 1 aromatic rings. The van der Waals surface area contributed by atoms with Crippen LogP contribution in [0.3, 0.4) is 0 Å². The normalized spacial score (nSPS) is 13.4. The topological polar surface area (TPSA) is 92.7 Å². The highest BCUT2D eigenvalue weighted by atomic mass is 32.1. The minimum Gasteiger partial charge on any atom is -0.481 e. The van der Waals surface area contributed by atoms with E-state index in [4.69, 9.17) is 9.84 Å². The van der Waals surface area contributed by atoms with Gasteiger partial charge in [0, 0.05) is 35.3 Å². The molecule has 1 aromatic heterocycles. The summed E-state index contributed by atoms with van der Waals surface area (Å²) in [6.07, 6.45) is -0.131. The molecule has 23 heavy (non-hydrogen) atoms. The van der Waals surface area contributed by atoms with Crippen molar-refractivity contribution in [3.63, 3.8) is 0 Å². The van der Waals surface area contributed by atoms with E-state index in [9.17, 15) is 14.4 Å². The largest absolute Gasteiger partial charge is 0.481 e. The molecule has 1 atom stereocenters. The maximum Gasteiger partial charge on any atom is 0.305 e. The number of Topliss-reactive ketones (excluding diaryl/α,β-unsaturated/α-hetero) is 1. The number of carboxylic acids is 1. The van der Waals surface area contributed by atoms with E-state index in [1.165, 1.54) is 7.11 Å². The van der Waals surface area contributed by atoms with Gasteiger partial charge in [0.15, 0.2) is 5.78 Å². The second-order valence-electron chi connectivity index (χ2n) is 5.86. The lowest BCUT2D eigenvalue weighted by atomic mass is 9.98. The molecule has 2 N–H and O–H groups in total. The zero-order chi connectivity index (χ0) is 17.6. The van der Waals surface area contributed by atoms with Crippen LogP contribution in [0, 0.1) is 13.8 Å². The van der Waals surface area contributed by atoms with E-state index in [0.717, 1.165) is 9.75 Å². The number of carbonyl (C=O) groups is 3. The highest BCUT2D eigenvalue weighted by molar-refractivity contribution is 7.12. The first-order chi connectivity index (χ1) is 10.7. The van der Waals surface area contributed by atoms with Gasteiger partial charge in [-0.2, -0.15) is 0 Å². The third-order valence-corrected chi connectivity index (χ3v) is 4.33. The Balaban J connectivity index is 2.60. The fraction of sp³-hybridized carbons (Fsp3) is 0.562. The van der Waals surface area contributed by atoms with Crippen molar-refractivity contribution in [2.24, 2.45) is 0 Å². The van der Waals surface area contributed by atoms with Gasteiger partial charge in [-0.05, 0) is 26.8 Å². The molecule has 1 heterocycles. The average molecular weight is 341 g/mol. The van der Waals surface area contributed by atoms with Crippen molar-refractivity contribution in [1.82, 2.24) is 5.32 Å². The second-order valence-corrected chi connectivity index (χ2v) is 7.32. The first-order valence-electron chi connectivity index (χ1n) is 7.29. The molecule has 0 saturated heterocycles. The van der Waals surface area contributed by atoms with Gasteiger partial charge in [-0.3, -0.25) is 14.4 Å². The Hall–Kier alpha value is -1.73. The Morgan fingerprint density at radius 2 is 1.96 bits per heavy atom. The monoisotopic (exact) mass is 341 g/mol. The van der Waals surface area contributed by atoms with Crippen LogP contribution in [-0.2, 0) is 14.3 Å². The van der Waals surface area contributed by atoms with Crippen molar-refractivity contribution in [1.29, 1.82) is 0 Å². The second kappa shape index (κ2) is 8.21. The van der Waals surface area contributed by atoms with E-state index in [-0.39, 0.29) is 37.6 Å². The van der Waals surface area contributed by atoms with Gasteiger partial charge in [0.1, 0.15) is 0 Å². The molecule has 1 unspecified atom stereocenters. The summed E-state index contributed by atoms with van der Waals surface area (Å²) < 4.78 is 4.98. The van der Waals surface area contributed by atoms with E-state index in [2.05, 4.69) is 5.32 Å². The van der Waals surface area contributed by atoms with E-state index < -0.39 is 11.5 Å². The Bertz CT molecular complexity index is 595. The maximum atomic E-state index is 12.2. The number of carbonyl (C=O) groups excluding carboxylic acids is 2. The van der Waals surface area contributed by atoms with Crippen LogP contribution in [0.5, 0.6) is 0 Å². The number of hydrogen-bond donors (Lipinski definition) is 2. The Morgan fingerprint density at radius 3 is 2.43 bits per heavy atom. The lowest BCUT2D eigenvalue weighted by molar-refractivity contribution is -0.139. The number of methoxy groups -OCH3 is 1. The molecule has 0 aliphatic carbocycles. The molecule has 1 amide bonds. The van der Waals surface area contributed by atoms with Gasteiger partial charge in [0.25, 0.3) is 0 Å². The van der Waals surface area contributed by atoms with Crippen LogP contribution in [0.25, 0.3) is 0 Å². The molecular weight excluding hydrogens is 318 g/mol. The quantitative estimate of drug-likeness (QED) is 0.673. The van der Waals surface area contributed by atoms with Crippen LogP contribution in [-0.4, -0.2) is 42.0 Å². The number of rotatable bonds is 9. The van der Waals surface area contributed by atoms with Gasteiger partial charge in [-0.1, -0.05) is 0 Å². The molecule has 6 nitrogen and oxygen atoms in total. The highest BCUT2D eigenvalue weighted by Gasteiger charge is 2.29. The molecule has 1 rings (SSSR count). The standard InChI is InChI=1S/C16H23NO5S/c1-10-7-12(11(2)23-10)13(18)5-6-14(19)17-16(3,9-22-4)8-15(20)21/h7H,5-6,8-9H2,1-4H3,(H,17,19)(H,20,21). The number of ketones is 1. The maximum absolute atomic E-state index is 12.2. The summed E-state index contributed by atoms with van der Waals surface area (Å²) in [7, 11) is 1.44. The van der Waals surface area contributed by atoms with Gasteiger partial charge in [0.2, 0.25) is 5.91 Å². The predicted molar refractivity (Wildman–Crippen MR) is 88.0 cm³/mol. The van der Waals surface area contributed by atoms with Gasteiger partial charge in [0.05, 0.1) is 18.6 Å². The first kappa shape index (κ1) is 19.3. The molecule has 0 aliphatic heterocycles. The number of nitrogens with one attached hydrogen (secondary N) is 1. The van der Waals surface area contributed by atoms with Gasteiger partial charge in [-0.15, -0.1) is 11.3 Å². The zero-order valence-corrected chi connectivity index (χ0v) is 14.7. The molecule has 0 fully saturated rings. The SMILES string of the molecule is COCC(C)(CC(=O)O)NC(=O)CCC(=O)c1cc(C)sc1C. The van der Waals surface area contributed by atoms with E-state index >= 15 is 0 Å². The molecule has 0 saturated carbocycles. The summed E-state index contributed by atoms with van der Waals surface area (Å²) in [5.41, 5.74) is -0.333. The lowest BCUT2D eigenvalue weighted by Crippen LogP contribution is -2.50. The fourth-order valence-corrected chi connectivity index (χ4v) is 3.39. The number of hydrogen-bond acceptors (Lipinski definition) is 5. The van der Waals surface area contributed by atoms with Crippen molar-refractivity contribution in [2.75, 3.05) is 13.7 Å². The average Bonchev–Trinajstić information content (AvgIpc) is 2.74. The van der Waals surface area contributed by atoms with E-state index in [1.54, 1.807) is 18.3 Å². The van der Waals surface area contributed by atoms with Crippen LogP contribution in [0.2, 0.25) is 0 Å².